The Kier molecular flexibility index (Phi) is 15.4. The summed E-state index contributed by atoms with van der Waals surface area (Å²) in [5.41, 5.74) is 4.45. The quantitative estimate of drug-likeness (QED) is 0.0782. The first-order valence-corrected chi connectivity index (χ1v) is 22.3. The molecule has 0 radical (unpaired) electrons. The number of carbonyl (C=O) groups is 5. The number of H-pyrrole nitrogens is 1. The number of nitrogens with one attached hydrogen (secondary N) is 6. The van der Waals surface area contributed by atoms with Gasteiger partial charge in [-0.2, -0.15) is 5.21 Å². The molecule has 3 aromatic carbocycles. The molecule has 1 atom stereocenters. The first-order chi connectivity index (χ1) is 30.4. The van der Waals surface area contributed by atoms with Crippen molar-refractivity contribution in [2.75, 3.05) is 11.9 Å². The number of nitrogens with zero attached hydrogens (tertiary/aromatic N) is 3. The number of alkyl carbamates (subject to hydrolysis) is 2. The average Bonchev–Trinajstić information content (AvgIpc) is 3.78. The lowest BCUT2D eigenvalue weighted by atomic mass is 9.81. The highest BCUT2D eigenvalue weighted by molar-refractivity contribution is 5.98. The molecule has 0 bridgehead atoms. The van der Waals surface area contributed by atoms with E-state index >= 15 is 0 Å². The predicted molar refractivity (Wildman–Crippen MR) is 243 cm³/mol. The summed E-state index contributed by atoms with van der Waals surface area (Å²) in [5.74, 6) is -0.263. The van der Waals surface area contributed by atoms with Gasteiger partial charge < -0.3 is 36.1 Å². The Morgan fingerprint density at radius 2 is 1.34 bits per heavy atom. The van der Waals surface area contributed by atoms with Crippen molar-refractivity contribution in [3.8, 4) is 22.5 Å². The highest BCUT2D eigenvalue weighted by atomic mass is 16.6. The third-order valence-electron chi connectivity index (χ3n) is 11.5. The minimum Gasteiger partial charge on any atom is -0.444 e. The number of hydrogen-bond acceptors (Lipinski definition) is 10. The number of aromatic nitrogens is 4. The summed E-state index contributed by atoms with van der Waals surface area (Å²) in [7, 11) is 0. The average molecular weight is 878 g/mol. The second-order valence-corrected chi connectivity index (χ2v) is 19.1. The molecule has 0 aliphatic heterocycles. The topological polar surface area (TPSA) is 218 Å². The van der Waals surface area contributed by atoms with E-state index in [0.29, 0.717) is 36.5 Å². The summed E-state index contributed by atoms with van der Waals surface area (Å²) >= 11 is 0. The number of ether oxygens (including phenoxy) is 2. The smallest absolute Gasteiger partial charge is 0.407 e. The summed E-state index contributed by atoms with van der Waals surface area (Å²) in [6.45, 7) is 13.4. The minimum absolute atomic E-state index is 0.0181. The van der Waals surface area contributed by atoms with Crippen molar-refractivity contribution in [1.29, 1.82) is 0 Å². The number of amides is 5. The molecule has 2 saturated carbocycles. The van der Waals surface area contributed by atoms with E-state index < -0.39 is 29.4 Å². The Bertz CT molecular complexity index is 2220. The number of aryl methyl sites for hydroxylation is 1. The van der Waals surface area contributed by atoms with Crippen molar-refractivity contribution in [3.63, 3.8) is 0 Å². The van der Waals surface area contributed by atoms with Gasteiger partial charge in [-0.15, -0.1) is 10.2 Å². The van der Waals surface area contributed by atoms with Crippen LogP contribution in [0.15, 0.2) is 66.7 Å². The molecule has 6 rings (SSSR count). The fraction of sp³-hybridized carbons (Fsp3) is 0.500. The minimum atomic E-state index is -0.863. The Labute approximate surface area is 375 Å². The van der Waals surface area contributed by atoms with Crippen molar-refractivity contribution < 1.29 is 33.4 Å². The molecule has 342 valence electrons. The second kappa shape index (κ2) is 20.9. The van der Waals surface area contributed by atoms with E-state index in [-0.39, 0.29) is 48.1 Å². The molecule has 0 spiro atoms. The van der Waals surface area contributed by atoms with E-state index in [1.54, 1.807) is 24.3 Å². The molecule has 0 unspecified atom stereocenters. The SMILES string of the molecule is Cc1cc(C(=O)NC2CCC(NC(=O)OC(C)(C)C)CC2)ccc1-c1ccc(C[C@H](NC(=O)C2CCC(CNC(=O)OC(C)(C)C)CC2)C(=O)Nc2ccc(-c3nn[nH]n3)cc2)cc1. The molecule has 2 fully saturated rings. The first-order valence-electron chi connectivity index (χ1n) is 22.3. The molecule has 1 heterocycles. The van der Waals surface area contributed by atoms with Gasteiger partial charge in [0.15, 0.2) is 0 Å². The van der Waals surface area contributed by atoms with Crippen LogP contribution >= 0.6 is 0 Å². The van der Waals surface area contributed by atoms with Crippen LogP contribution in [-0.2, 0) is 25.5 Å². The van der Waals surface area contributed by atoms with Crippen molar-refractivity contribution >= 4 is 35.6 Å². The Balaban J connectivity index is 1.06. The third kappa shape index (κ3) is 14.1. The van der Waals surface area contributed by atoms with Crippen LogP contribution in [0.25, 0.3) is 22.5 Å². The maximum absolute atomic E-state index is 13.9. The van der Waals surface area contributed by atoms with Gasteiger partial charge in [0.1, 0.15) is 17.2 Å². The van der Waals surface area contributed by atoms with Crippen molar-refractivity contribution in [3.05, 3.63) is 83.4 Å². The predicted octanol–water partition coefficient (Wildman–Crippen LogP) is 7.40. The lowest BCUT2D eigenvalue weighted by Gasteiger charge is -2.30. The first kappa shape index (κ1) is 47.2. The van der Waals surface area contributed by atoms with E-state index in [1.807, 2.05) is 90.9 Å². The van der Waals surface area contributed by atoms with Crippen LogP contribution in [0.5, 0.6) is 0 Å². The Morgan fingerprint density at radius 3 is 1.94 bits per heavy atom. The van der Waals surface area contributed by atoms with E-state index in [2.05, 4.69) is 47.2 Å². The third-order valence-corrected chi connectivity index (χ3v) is 11.5. The number of tetrazole rings is 1. The maximum Gasteiger partial charge on any atom is 0.407 e. The van der Waals surface area contributed by atoms with Gasteiger partial charge in [-0.25, -0.2) is 9.59 Å². The van der Waals surface area contributed by atoms with Gasteiger partial charge in [0.25, 0.3) is 5.91 Å². The molecule has 0 saturated heterocycles. The van der Waals surface area contributed by atoms with Crippen LogP contribution in [0, 0.1) is 18.8 Å². The zero-order valence-corrected chi connectivity index (χ0v) is 38.0. The van der Waals surface area contributed by atoms with E-state index in [4.69, 9.17) is 9.47 Å². The Morgan fingerprint density at radius 1 is 0.734 bits per heavy atom. The molecule has 2 aliphatic rings. The fourth-order valence-corrected chi connectivity index (χ4v) is 8.20. The highest BCUT2D eigenvalue weighted by Crippen LogP contribution is 2.30. The molecule has 1 aromatic heterocycles. The van der Waals surface area contributed by atoms with Crippen LogP contribution in [-0.4, -0.2) is 86.4 Å². The largest absolute Gasteiger partial charge is 0.444 e. The number of anilines is 1. The molecule has 16 nitrogen and oxygen atoms in total. The van der Waals surface area contributed by atoms with Gasteiger partial charge in [-0.3, -0.25) is 14.4 Å². The standard InChI is InChI=1S/C48H63N9O7/c1-29-26-35(43(59)50-37-21-23-38(24-22-37)52-46(62)64-48(5,6)7)18-25-39(29)32-12-8-30(9-13-32)27-40(44(60)51-36-19-16-33(17-20-36)41-54-56-57-55-41)53-42(58)34-14-10-31(11-15-34)28-49-45(61)63-47(2,3)4/h8-9,12-13,16-20,25-26,31,34,37-38,40H,10-11,14-15,21-24,27-28H2,1-7H3,(H,49,61)(H,50,59)(H,51,60)(H,52,62)(H,53,58)(H,54,55,56,57)/t31?,34?,37?,38?,40-/m0/s1. The van der Waals surface area contributed by atoms with Gasteiger partial charge in [0.2, 0.25) is 17.6 Å². The van der Waals surface area contributed by atoms with Gasteiger partial charge in [-0.1, -0.05) is 30.3 Å². The van der Waals surface area contributed by atoms with Gasteiger partial charge in [0.05, 0.1) is 0 Å². The summed E-state index contributed by atoms with van der Waals surface area (Å²) in [5, 5.41) is 29.1. The normalized spacial score (nSPS) is 19.4. The zero-order valence-electron chi connectivity index (χ0n) is 38.0. The summed E-state index contributed by atoms with van der Waals surface area (Å²) in [4.78, 5) is 65.4. The molecule has 2 aliphatic carbocycles. The molecule has 4 aromatic rings. The van der Waals surface area contributed by atoms with Gasteiger partial charge in [0, 0.05) is 47.8 Å². The van der Waals surface area contributed by atoms with Crippen molar-refractivity contribution in [2.24, 2.45) is 11.8 Å². The van der Waals surface area contributed by atoms with Gasteiger partial charge in [-0.05, 0) is 170 Å². The van der Waals surface area contributed by atoms with Crippen molar-refractivity contribution in [1.82, 2.24) is 41.9 Å². The second-order valence-electron chi connectivity index (χ2n) is 19.1. The zero-order chi connectivity index (χ0) is 46.0. The van der Waals surface area contributed by atoms with Crippen LogP contribution in [0.1, 0.15) is 114 Å². The number of hydrogen-bond donors (Lipinski definition) is 6. The molecule has 16 heteroatoms. The summed E-state index contributed by atoms with van der Waals surface area (Å²) in [6, 6.07) is 19.8. The summed E-state index contributed by atoms with van der Waals surface area (Å²) in [6.07, 6.45) is 5.23. The highest BCUT2D eigenvalue weighted by Gasteiger charge is 2.31. The molecule has 5 amide bonds. The van der Waals surface area contributed by atoms with Gasteiger partial charge >= 0.3 is 12.2 Å². The summed E-state index contributed by atoms with van der Waals surface area (Å²) < 4.78 is 10.8. The van der Waals surface area contributed by atoms with Crippen LogP contribution in [0.3, 0.4) is 0 Å². The maximum atomic E-state index is 13.9. The van der Waals surface area contributed by atoms with E-state index in [1.165, 1.54) is 0 Å². The van der Waals surface area contributed by atoms with Crippen molar-refractivity contribution in [2.45, 2.75) is 136 Å². The number of carbonyl (C=O) groups excluding carboxylic acids is 5. The number of rotatable bonds is 13. The van der Waals surface area contributed by atoms with E-state index in [9.17, 15) is 24.0 Å². The molecule has 64 heavy (non-hydrogen) atoms. The van der Waals surface area contributed by atoms with Crippen LogP contribution < -0.4 is 26.6 Å². The number of aromatic amines is 1. The monoisotopic (exact) mass is 877 g/mol. The van der Waals surface area contributed by atoms with E-state index in [0.717, 1.165) is 66.3 Å². The lowest BCUT2D eigenvalue weighted by Crippen LogP contribution is -2.48. The Hall–Kier alpha value is -6.32. The fourth-order valence-electron chi connectivity index (χ4n) is 8.20. The lowest BCUT2D eigenvalue weighted by molar-refractivity contribution is -0.130. The molecular formula is C48H63N9O7. The number of benzene rings is 3. The van der Waals surface area contributed by atoms with Crippen LogP contribution in [0.4, 0.5) is 15.3 Å². The molecule has 6 N–H and O–H groups in total. The van der Waals surface area contributed by atoms with Crippen LogP contribution in [0.2, 0.25) is 0 Å². The molecular weight excluding hydrogens is 815 g/mol.